The standard InChI is InChI=1S/B33/c1-18-27(19(2)3)31(26(16)17)33(30(24(12)13)25(14)15)32(28(20(4)5)21(6)7)29(22(8)9)23(10)11/q-2. The maximum Gasteiger partial charge on any atom is -0.000000000000170 e. The van der Waals surface area contributed by atoms with Gasteiger partial charge in [-0.05, 0) is 199 Å². The first-order valence-electron chi connectivity index (χ1n) is 10.7. The Morgan fingerprint density at radius 3 is 0.727 bits per heavy atom. The molecule has 0 aromatic carbocycles. The van der Waals surface area contributed by atoms with E-state index in [1.54, 1.807) is 0 Å². The van der Waals surface area contributed by atoms with Crippen LogP contribution >= 0.6 is 0 Å². The SMILES string of the molecule is [B]B([B])B(B([B])[B])B(B(B([B])[B])B([B])[B])B(B(B([B])[B])B([B])[B])B(B([B])[B])B([B][B-])B([B])[B-]. The molecule has 0 aromatic rings. The van der Waals surface area contributed by atoms with E-state index < -0.39 is 95.8 Å². The van der Waals surface area contributed by atoms with E-state index in [4.69, 9.17) is 132 Å². The van der Waals surface area contributed by atoms with Crippen molar-refractivity contribution in [1.82, 2.24) is 0 Å². The van der Waals surface area contributed by atoms with Crippen molar-refractivity contribution in [1.29, 1.82) is 0 Å². The van der Waals surface area contributed by atoms with E-state index in [1.165, 1.54) is 7.06 Å². The first kappa shape index (κ1) is 35.1. The molecule has 0 aliphatic rings. The minimum absolute atomic E-state index is 0.787. The van der Waals surface area contributed by atoms with E-state index in [1.807, 2.05) is 0 Å². The third-order valence-corrected chi connectivity index (χ3v) is 6.44. The van der Waals surface area contributed by atoms with Gasteiger partial charge in [0.25, 0.3) is 0 Å². The minimum Gasteiger partial charge on any atom is -0.690 e. The summed E-state index contributed by atoms with van der Waals surface area (Å²) >= 11 is 0. The van der Waals surface area contributed by atoms with E-state index in [2.05, 4.69) is 0 Å². The van der Waals surface area contributed by atoms with E-state index in [0.717, 1.165) is 0 Å². The molecule has 0 aliphatic heterocycles. The maximum absolute atomic E-state index is 6.21. The van der Waals surface area contributed by atoms with Crippen molar-refractivity contribution in [2.75, 3.05) is 0 Å². The van der Waals surface area contributed by atoms with E-state index in [0.29, 0.717) is 0 Å². The topological polar surface area (TPSA) is 0 Å². The molecular weight excluding hydrogens is 357 g/mol. The normalized spacial score (nSPS) is 9.52. The molecule has 0 heterocycles. The molecule has 0 aromatic heterocycles. The van der Waals surface area contributed by atoms with Gasteiger partial charge in [0, 0.05) is 0 Å². The number of hydrogen-bond acceptors (Lipinski definition) is 0. The summed E-state index contributed by atoms with van der Waals surface area (Å²) in [4.78, 5) is 0. The molecule has 0 fully saturated rings. The van der Waals surface area contributed by atoms with Gasteiger partial charge in [0.1, 0.15) is 0 Å². The molecule has 33 heteroatoms. The van der Waals surface area contributed by atoms with Gasteiger partial charge >= 0.3 is 0 Å². The Balaban J connectivity index is 7.45. The van der Waals surface area contributed by atoms with Crippen LogP contribution in [0.4, 0.5) is 0 Å². The Kier molecular flexibility index (Phi) is 17.2. The summed E-state index contributed by atoms with van der Waals surface area (Å²) in [5, 5.41) is 0. The predicted octanol–water partition coefficient (Wildman–Crippen LogP) is -12.6. The quantitative estimate of drug-likeness (QED) is 0.256. The van der Waals surface area contributed by atoms with Crippen molar-refractivity contribution >= 4 is 234 Å². The van der Waals surface area contributed by atoms with E-state index in [9.17, 15) is 0 Å². The van der Waals surface area contributed by atoms with Crippen LogP contribution in [0.5, 0.6) is 0 Å². The van der Waals surface area contributed by atoms with Crippen LogP contribution in [0, 0.1) is 0 Å². The Bertz CT molecular complexity index is 448. The molecule has 0 bridgehead atoms. The second kappa shape index (κ2) is 16.2. The van der Waals surface area contributed by atoms with Gasteiger partial charge in [0.2, 0.25) is 0 Å². The highest BCUT2D eigenvalue weighted by Crippen LogP contribution is 2.15. The highest BCUT2D eigenvalue weighted by Gasteiger charge is 2.52. The number of rotatable bonds is 15. The van der Waals surface area contributed by atoms with Crippen molar-refractivity contribution in [2.45, 2.75) is 0 Å². The van der Waals surface area contributed by atoms with Gasteiger partial charge in [-0.1, -0.05) is 6.39 Å². The third kappa shape index (κ3) is 9.75. The summed E-state index contributed by atoms with van der Waals surface area (Å²) in [6, 6.07) is 0. The van der Waals surface area contributed by atoms with E-state index in [-0.39, 0.29) is 0 Å². The highest BCUT2D eigenvalue weighted by molar-refractivity contribution is 8.29. The van der Waals surface area contributed by atoms with Crippen LogP contribution in [0.25, 0.3) is 0 Å². The molecule has 0 nitrogen and oxygen atoms in total. The molecule has 0 amide bonds. The lowest BCUT2D eigenvalue weighted by Crippen LogP contribution is -2.89. The van der Waals surface area contributed by atoms with Crippen LogP contribution < -0.4 is 0 Å². The van der Waals surface area contributed by atoms with Gasteiger partial charge < -0.3 is 15.5 Å². The molecular formula is B33-2. The Hall–Kier alpha value is 2.14. The average molecular weight is 357 g/mol. The molecule has 0 rings (SSSR count). The molecule has 0 aliphatic carbocycles. The van der Waals surface area contributed by atoms with Gasteiger partial charge in [-0.2, -0.15) is 0 Å². The summed E-state index contributed by atoms with van der Waals surface area (Å²) in [6.07, 6.45) is -14.8. The van der Waals surface area contributed by atoms with Crippen molar-refractivity contribution in [3.8, 4) is 0 Å². The lowest BCUT2D eigenvalue weighted by Gasteiger charge is -2.54. The van der Waals surface area contributed by atoms with Crippen LogP contribution in [-0.2, 0) is 0 Å². The third-order valence-electron chi connectivity index (χ3n) is 6.44. The van der Waals surface area contributed by atoms with Gasteiger partial charge in [0.15, 0.2) is 0 Å². The first-order valence-corrected chi connectivity index (χ1v) is 10.7. The zero-order valence-electron chi connectivity index (χ0n) is 19.1. The summed E-state index contributed by atoms with van der Waals surface area (Å²) in [7, 11) is 105. The Morgan fingerprint density at radius 1 is 0.364 bits per heavy atom. The summed E-state index contributed by atoms with van der Waals surface area (Å²) in [5.74, 6) is 0. The fourth-order valence-corrected chi connectivity index (χ4v) is 5.13. The summed E-state index contributed by atoms with van der Waals surface area (Å²) in [6.45, 7) is 0. The van der Waals surface area contributed by atoms with E-state index >= 15 is 0 Å². The summed E-state index contributed by atoms with van der Waals surface area (Å²) < 4.78 is 0. The molecule has 0 atom stereocenters. The minimum atomic E-state index is -1.10. The summed E-state index contributed by atoms with van der Waals surface area (Å²) in [5.41, 5.74) is 0. The molecule has 0 spiro atoms. The smallest absolute Gasteiger partial charge is 0.000000000000170 e. The van der Waals surface area contributed by atoms with Gasteiger partial charge in [-0.3, -0.25) is 7.06 Å². The second-order valence-electron chi connectivity index (χ2n) is 8.85. The molecule has 0 saturated heterocycles. The van der Waals surface area contributed by atoms with Crippen molar-refractivity contribution in [3.05, 3.63) is 0 Å². The van der Waals surface area contributed by atoms with Crippen molar-refractivity contribution in [3.63, 3.8) is 0 Å². The monoisotopic (exact) mass is 363 g/mol. The fourth-order valence-electron chi connectivity index (χ4n) is 5.13. The molecule has 0 saturated carbocycles. The van der Waals surface area contributed by atoms with Gasteiger partial charge in [0.05, 0.1) is 0 Å². The lowest BCUT2D eigenvalue weighted by molar-refractivity contribution is 3.24. The van der Waals surface area contributed by atoms with Crippen LogP contribution in [0.15, 0.2) is 0 Å². The Labute approximate surface area is 233 Å². The van der Waals surface area contributed by atoms with Crippen LogP contribution in [0.1, 0.15) is 0 Å². The lowest BCUT2D eigenvalue weighted by atomic mass is 8.30. The van der Waals surface area contributed by atoms with Gasteiger partial charge in [-0.15, -0.1) is 0 Å². The largest absolute Gasteiger partial charge is 0.690 e. The highest BCUT2D eigenvalue weighted by atomic mass is 13.3. The van der Waals surface area contributed by atoms with Gasteiger partial charge in [-0.25, -0.2) is 6.39 Å². The zero-order chi connectivity index (χ0) is 26.4. The Morgan fingerprint density at radius 2 is 0.576 bits per heavy atom. The zero-order valence-corrected chi connectivity index (χ0v) is 19.1. The predicted molar refractivity (Wildman–Crippen MR) is 190 cm³/mol. The van der Waals surface area contributed by atoms with Crippen LogP contribution in [0.3, 0.4) is 0 Å². The first-order chi connectivity index (χ1) is 15.0. The number of hydrogen-bond donors (Lipinski definition) is 0. The molecule has 101 valence electrons. The molecule has 33 heavy (non-hydrogen) atoms. The maximum atomic E-state index is 6.21. The fraction of sp³-hybridized carbons (Fsp3) is 0. The van der Waals surface area contributed by atoms with Crippen molar-refractivity contribution in [2.24, 2.45) is 0 Å². The molecule has 0 N–H and O–H groups in total. The molecule has 0 unspecified atom stereocenters. The second-order valence-corrected chi connectivity index (χ2v) is 8.85. The van der Waals surface area contributed by atoms with Crippen LogP contribution in [0.2, 0.25) is 0 Å². The average Bonchev–Trinajstić information content (AvgIpc) is 2.61. The van der Waals surface area contributed by atoms with Crippen LogP contribution in [-0.4, -0.2) is 234 Å². The molecule has 37 radical (unpaired) electrons. The van der Waals surface area contributed by atoms with Crippen molar-refractivity contribution < 1.29 is 0 Å².